The highest BCUT2D eigenvalue weighted by atomic mass is 16.5. The van der Waals surface area contributed by atoms with E-state index in [-0.39, 0.29) is 105 Å². The zero-order chi connectivity index (χ0) is 71.7. The number of primary amides is 2. The van der Waals surface area contributed by atoms with Gasteiger partial charge in [0, 0.05) is 84.4 Å². The van der Waals surface area contributed by atoms with Crippen LogP contribution in [0, 0.1) is 35.5 Å². The summed E-state index contributed by atoms with van der Waals surface area (Å²) in [5.74, 6) is -5.89. The highest BCUT2D eigenvalue weighted by molar-refractivity contribution is 5.99. The molecule has 12 amide bonds. The number of nitrogens with one attached hydrogen (secondary N) is 7. The number of benzene rings is 2. The minimum Gasteiger partial charge on any atom is -0.379 e. The third-order valence-electron chi connectivity index (χ3n) is 18.8. The van der Waals surface area contributed by atoms with E-state index in [1.54, 1.807) is 66.8 Å². The normalized spacial score (nSPS) is 18.8. The molecule has 26 nitrogen and oxygen atoms in total. The van der Waals surface area contributed by atoms with Crippen LogP contribution in [-0.4, -0.2) is 207 Å². The zero-order valence-corrected chi connectivity index (χ0v) is 59.5. The summed E-state index contributed by atoms with van der Waals surface area (Å²) in [6.45, 7) is 19.8. The van der Waals surface area contributed by atoms with E-state index in [0.717, 1.165) is 11.1 Å². The van der Waals surface area contributed by atoms with Crippen LogP contribution in [0.25, 0.3) is 0 Å². The molecule has 13 atom stereocenters. The topological polar surface area (TPSA) is 355 Å². The summed E-state index contributed by atoms with van der Waals surface area (Å²) >= 11 is 0. The number of carbonyl (C=O) groups excluding carboxylic acids is 11. The minimum absolute atomic E-state index is 0.00428. The SMILES string of the molecule is CC[C@H](C)[C@@H]([C@@H](CC(=O)N1CCC[C@H]1[C@H](OC)[C@@H](C)C(=O)N[C@@H](Cc1ccccc1)C(=O)NCCc1ccc(NC(=O)[C@H](CCCNC(N)=O)NC(=O)[C@@H](NC(=O)CCC(=O)N2CCC(C(N)=O)CC2C)C(C)C)cc1)OC)N(C)C(=O)[C@@H](NC(=O)[C@H](C(C)C)N(C)C)C(C)C. The van der Waals surface area contributed by atoms with Gasteiger partial charge in [-0.05, 0) is 113 Å². The number of hydrogen-bond donors (Lipinski definition) is 9. The quantitative estimate of drug-likeness (QED) is 0.0434. The predicted octanol–water partition coefficient (Wildman–Crippen LogP) is 3.63. The molecule has 0 bridgehead atoms. The van der Waals surface area contributed by atoms with Gasteiger partial charge in [0.25, 0.3) is 0 Å². The number of likely N-dealkylation sites (tertiary alicyclic amines) is 2. The van der Waals surface area contributed by atoms with Crippen molar-refractivity contribution in [2.75, 3.05) is 66.9 Å². The first-order valence-corrected chi connectivity index (χ1v) is 34.2. The van der Waals surface area contributed by atoms with Crippen LogP contribution in [0.5, 0.6) is 0 Å². The Morgan fingerprint density at radius 2 is 1.29 bits per heavy atom. The maximum absolute atomic E-state index is 14.6. The van der Waals surface area contributed by atoms with Crippen molar-refractivity contribution in [3.63, 3.8) is 0 Å². The third-order valence-corrected chi connectivity index (χ3v) is 18.8. The Bertz CT molecular complexity index is 2890. The number of ether oxygens (including phenoxy) is 2. The molecule has 536 valence electrons. The van der Waals surface area contributed by atoms with E-state index in [4.69, 9.17) is 20.9 Å². The first kappa shape index (κ1) is 80.7. The fourth-order valence-corrected chi connectivity index (χ4v) is 13.2. The fourth-order valence-electron chi connectivity index (χ4n) is 13.2. The first-order chi connectivity index (χ1) is 45.3. The number of amides is 12. The molecule has 2 aromatic rings. The van der Waals surface area contributed by atoms with E-state index in [2.05, 4.69) is 37.2 Å². The first-order valence-electron chi connectivity index (χ1n) is 34.2. The maximum atomic E-state index is 14.6. The van der Waals surface area contributed by atoms with Gasteiger partial charge < -0.3 is 72.9 Å². The molecule has 26 heteroatoms. The molecule has 2 aromatic carbocycles. The number of urea groups is 1. The standard InChI is InChI=1S/C70H113N13O13/c1-16-44(8)61(81(13)69(93)59(42(4)5)79-68(92)60(43(6)7)80(11)12)54(95-14)40-57(86)83-36-21-25-53(83)62(96-15)46(10)64(88)77-52(39-48-22-18-17-19-23-48)65(89)73-35-32-47-26-28-50(29-27-47)75-66(90)51(24-20-34-74-70(72)94)76-67(91)58(41(2)3)78-55(84)30-31-56(85)82-37-33-49(63(71)87)38-45(82)9/h17-19,22-23,26-29,41-46,49,51-54,58-62H,16,20-21,24-25,30-40H2,1-15H3,(H2,71,87)(H,73,89)(H,75,90)(H,76,91)(H,77,88)(H,78,84)(H,79,92)(H3,72,74,94)/t44-,45?,46+,49?,51-,52-,53-,54+,58-,59-,60-,61-,62+/m0/s1. The van der Waals surface area contributed by atoms with E-state index >= 15 is 0 Å². The summed E-state index contributed by atoms with van der Waals surface area (Å²) in [6, 6.07) is 9.74. The number of likely N-dealkylation sites (N-methyl/N-ethyl adjacent to an activating group) is 2. The number of methoxy groups -OCH3 is 2. The Morgan fingerprint density at radius 3 is 1.85 bits per heavy atom. The van der Waals surface area contributed by atoms with Gasteiger partial charge in [-0.1, -0.05) is 111 Å². The molecule has 2 heterocycles. The molecular weight excluding hydrogens is 1230 g/mol. The molecule has 0 aliphatic carbocycles. The monoisotopic (exact) mass is 1340 g/mol. The lowest BCUT2D eigenvalue weighted by atomic mass is 9.89. The van der Waals surface area contributed by atoms with E-state index in [9.17, 15) is 52.7 Å². The Balaban J connectivity index is 1.41. The molecule has 4 rings (SSSR count). The van der Waals surface area contributed by atoms with Crippen molar-refractivity contribution >= 4 is 70.8 Å². The van der Waals surface area contributed by atoms with E-state index < -0.39 is 108 Å². The molecule has 2 fully saturated rings. The average molecular weight is 1340 g/mol. The van der Waals surface area contributed by atoms with Gasteiger partial charge in [-0.15, -0.1) is 0 Å². The van der Waals surface area contributed by atoms with E-state index in [1.807, 2.05) is 97.8 Å². The van der Waals surface area contributed by atoms with Gasteiger partial charge in [-0.2, -0.15) is 0 Å². The van der Waals surface area contributed by atoms with Crippen LogP contribution in [0.2, 0.25) is 0 Å². The Hall–Kier alpha value is -7.71. The number of piperidine rings is 1. The summed E-state index contributed by atoms with van der Waals surface area (Å²) in [4.78, 5) is 155. The zero-order valence-electron chi connectivity index (χ0n) is 59.5. The third kappa shape index (κ3) is 24.1. The summed E-state index contributed by atoms with van der Waals surface area (Å²) in [7, 11) is 8.41. The molecule has 0 aromatic heterocycles. The highest BCUT2D eigenvalue weighted by Crippen LogP contribution is 2.31. The maximum Gasteiger partial charge on any atom is 0.312 e. The van der Waals surface area contributed by atoms with Crippen LogP contribution in [-0.2, 0) is 70.3 Å². The van der Waals surface area contributed by atoms with Crippen molar-refractivity contribution in [2.24, 2.45) is 47.0 Å². The second kappa shape index (κ2) is 39.5. The summed E-state index contributed by atoms with van der Waals surface area (Å²) in [5.41, 5.74) is 12.8. The van der Waals surface area contributed by atoms with Crippen molar-refractivity contribution in [3.8, 4) is 0 Å². The van der Waals surface area contributed by atoms with Gasteiger partial charge >= 0.3 is 6.03 Å². The fraction of sp³-hybridized carbons (Fsp3) is 0.671. The van der Waals surface area contributed by atoms with Crippen LogP contribution in [0.4, 0.5) is 10.5 Å². The smallest absolute Gasteiger partial charge is 0.312 e. The Kier molecular flexibility index (Phi) is 33.2. The van der Waals surface area contributed by atoms with E-state index in [1.165, 1.54) is 14.2 Å². The van der Waals surface area contributed by atoms with Crippen LogP contribution >= 0.6 is 0 Å². The number of rotatable bonds is 38. The Labute approximate surface area is 568 Å². The lowest BCUT2D eigenvalue weighted by Gasteiger charge is -2.41. The van der Waals surface area contributed by atoms with Gasteiger partial charge in [0.2, 0.25) is 59.1 Å². The van der Waals surface area contributed by atoms with Crippen molar-refractivity contribution in [3.05, 3.63) is 65.7 Å². The molecule has 2 saturated heterocycles. The molecule has 96 heavy (non-hydrogen) atoms. The molecule has 2 aliphatic rings. The summed E-state index contributed by atoms with van der Waals surface area (Å²) < 4.78 is 12.2. The molecule has 0 saturated carbocycles. The largest absolute Gasteiger partial charge is 0.379 e. The van der Waals surface area contributed by atoms with Crippen molar-refractivity contribution in [2.45, 2.75) is 207 Å². The van der Waals surface area contributed by atoms with Crippen molar-refractivity contribution in [1.82, 2.24) is 51.5 Å². The molecular formula is C70H113N13O13. The molecule has 0 spiro atoms. The number of nitrogens with zero attached hydrogens (tertiary/aromatic N) is 4. The van der Waals surface area contributed by atoms with E-state index in [0.29, 0.717) is 57.3 Å². The molecule has 11 N–H and O–H groups in total. The number of nitrogens with two attached hydrogens (primary N) is 2. The predicted molar refractivity (Wildman–Crippen MR) is 367 cm³/mol. The molecule has 0 radical (unpaired) electrons. The number of carbonyl (C=O) groups is 11. The number of hydrogen-bond acceptors (Lipinski definition) is 14. The van der Waals surface area contributed by atoms with Crippen molar-refractivity contribution < 1.29 is 62.2 Å². The van der Waals surface area contributed by atoms with Gasteiger partial charge in [0.05, 0.1) is 42.7 Å². The van der Waals surface area contributed by atoms with Crippen LogP contribution < -0.4 is 48.7 Å². The average Bonchev–Trinajstić information content (AvgIpc) is 1.59. The summed E-state index contributed by atoms with van der Waals surface area (Å²) in [5, 5.41) is 19.8. The molecule has 2 unspecified atom stereocenters. The van der Waals surface area contributed by atoms with Crippen LogP contribution in [0.3, 0.4) is 0 Å². The summed E-state index contributed by atoms with van der Waals surface area (Å²) in [6.07, 6.45) is 1.84. The highest BCUT2D eigenvalue weighted by Gasteiger charge is 2.44. The van der Waals surface area contributed by atoms with Gasteiger partial charge in [0.1, 0.15) is 24.2 Å². The minimum atomic E-state index is -1.11. The second-order valence-electron chi connectivity index (χ2n) is 27.3. The van der Waals surface area contributed by atoms with Gasteiger partial charge in [0.15, 0.2) is 0 Å². The van der Waals surface area contributed by atoms with Crippen molar-refractivity contribution in [1.29, 1.82) is 0 Å². The van der Waals surface area contributed by atoms with Gasteiger partial charge in [-0.25, -0.2) is 4.79 Å². The Morgan fingerprint density at radius 1 is 0.646 bits per heavy atom. The lowest BCUT2D eigenvalue weighted by Crippen LogP contribution is -2.59. The van der Waals surface area contributed by atoms with Gasteiger partial charge in [-0.3, -0.25) is 52.8 Å². The number of anilines is 1. The van der Waals surface area contributed by atoms with Crippen LogP contribution in [0.1, 0.15) is 145 Å². The lowest BCUT2D eigenvalue weighted by molar-refractivity contribution is -0.148. The second-order valence-corrected chi connectivity index (χ2v) is 27.3. The van der Waals surface area contributed by atoms with Crippen LogP contribution in [0.15, 0.2) is 54.6 Å². The molecule has 2 aliphatic heterocycles.